The van der Waals surface area contributed by atoms with Crippen LogP contribution in [-0.4, -0.2) is 14.9 Å². The van der Waals surface area contributed by atoms with Crippen molar-refractivity contribution in [1.82, 2.24) is 9.97 Å². The predicted octanol–water partition coefficient (Wildman–Crippen LogP) is 0.935. The van der Waals surface area contributed by atoms with E-state index in [1.54, 1.807) is 13.8 Å². The molecule has 0 saturated carbocycles. The molecule has 0 unspecified atom stereocenters. The molecule has 0 radical (unpaired) electrons. The van der Waals surface area contributed by atoms with Crippen LogP contribution in [0.3, 0.4) is 0 Å². The van der Waals surface area contributed by atoms with Gasteiger partial charge in [-0.15, -0.1) is 0 Å². The lowest BCUT2D eigenvalue weighted by Gasteiger charge is -1.84. The normalized spacial score (nSPS) is 9.80. The van der Waals surface area contributed by atoms with E-state index >= 15 is 0 Å². The van der Waals surface area contributed by atoms with Crippen molar-refractivity contribution in [2.75, 3.05) is 0 Å². The molecule has 0 atom stereocenters. The summed E-state index contributed by atoms with van der Waals surface area (Å²) in [5.74, 6) is -0.185. The molecule has 5 nitrogen and oxygen atoms in total. The zero-order valence-corrected chi connectivity index (χ0v) is 5.71. The highest BCUT2D eigenvalue weighted by molar-refractivity contribution is 5.17. The molecule has 1 aromatic heterocycles. The first-order chi connectivity index (χ1) is 4.61. The van der Waals surface area contributed by atoms with E-state index in [-0.39, 0.29) is 5.95 Å². The van der Waals surface area contributed by atoms with Crippen molar-refractivity contribution in [3.8, 4) is 0 Å². The van der Waals surface area contributed by atoms with Crippen LogP contribution in [0.15, 0.2) is 0 Å². The van der Waals surface area contributed by atoms with Gasteiger partial charge < -0.3 is 10.1 Å². The Morgan fingerprint density at radius 3 is 2.40 bits per heavy atom. The van der Waals surface area contributed by atoms with Crippen LogP contribution in [0.5, 0.6) is 0 Å². The van der Waals surface area contributed by atoms with Crippen molar-refractivity contribution in [2.45, 2.75) is 13.8 Å². The Labute approximate surface area is 57.2 Å². The Kier molecular flexibility index (Phi) is 1.41. The van der Waals surface area contributed by atoms with E-state index in [1.165, 1.54) is 0 Å². The Morgan fingerprint density at radius 2 is 2.20 bits per heavy atom. The molecule has 1 N–H and O–H groups in total. The zero-order valence-electron chi connectivity index (χ0n) is 5.71. The van der Waals surface area contributed by atoms with Gasteiger partial charge in [0.15, 0.2) is 5.69 Å². The number of aromatic amines is 1. The second-order valence-electron chi connectivity index (χ2n) is 2.03. The van der Waals surface area contributed by atoms with E-state index < -0.39 is 4.92 Å². The number of aromatic nitrogens is 2. The van der Waals surface area contributed by atoms with Gasteiger partial charge in [0.05, 0.1) is 0 Å². The molecular weight excluding hydrogens is 134 g/mol. The fraction of sp³-hybridized carbons (Fsp3) is 0.400. The standard InChI is InChI=1S/C5H7N3O2/c1-3-4(2)7-5(6-3)8(9)10/h1-2H3,(H,6,7). The molecule has 0 aliphatic heterocycles. The second kappa shape index (κ2) is 2.09. The van der Waals surface area contributed by atoms with Crippen LogP contribution in [0, 0.1) is 24.0 Å². The first kappa shape index (κ1) is 6.73. The predicted molar refractivity (Wildman–Crippen MR) is 34.7 cm³/mol. The lowest BCUT2D eigenvalue weighted by Crippen LogP contribution is -1.89. The highest BCUT2D eigenvalue weighted by Gasteiger charge is 2.11. The summed E-state index contributed by atoms with van der Waals surface area (Å²) in [5.41, 5.74) is 1.42. The summed E-state index contributed by atoms with van der Waals surface area (Å²) in [6.07, 6.45) is 0. The quantitative estimate of drug-likeness (QED) is 0.467. The average molecular weight is 141 g/mol. The van der Waals surface area contributed by atoms with Crippen LogP contribution < -0.4 is 0 Å². The third-order valence-electron chi connectivity index (χ3n) is 1.29. The van der Waals surface area contributed by atoms with Gasteiger partial charge in [-0.05, 0) is 18.8 Å². The molecule has 1 rings (SSSR count). The summed E-state index contributed by atoms with van der Waals surface area (Å²) < 4.78 is 0. The Morgan fingerprint density at radius 1 is 1.60 bits per heavy atom. The molecule has 1 aromatic rings. The van der Waals surface area contributed by atoms with Crippen molar-refractivity contribution < 1.29 is 4.92 Å². The zero-order chi connectivity index (χ0) is 7.72. The molecule has 0 bridgehead atoms. The molecule has 0 amide bonds. The third kappa shape index (κ3) is 0.975. The van der Waals surface area contributed by atoms with Gasteiger partial charge >= 0.3 is 5.95 Å². The molecule has 0 aliphatic carbocycles. The third-order valence-corrected chi connectivity index (χ3v) is 1.29. The van der Waals surface area contributed by atoms with E-state index in [2.05, 4.69) is 9.97 Å². The monoisotopic (exact) mass is 141 g/mol. The van der Waals surface area contributed by atoms with Crippen LogP contribution in [-0.2, 0) is 0 Å². The summed E-state index contributed by atoms with van der Waals surface area (Å²) in [6.45, 7) is 3.47. The van der Waals surface area contributed by atoms with E-state index in [0.29, 0.717) is 5.69 Å². The number of H-pyrrole nitrogens is 1. The Balaban J connectivity index is 3.10. The van der Waals surface area contributed by atoms with Gasteiger partial charge in [0, 0.05) is 0 Å². The minimum absolute atomic E-state index is 0.185. The van der Waals surface area contributed by atoms with Crippen LogP contribution >= 0.6 is 0 Å². The van der Waals surface area contributed by atoms with Crippen molar-refractivity contribution in [2.24, 2.45) is 0 Å². The number of nitrogens with one attached hydrogen (secondary N) is 1. The molecule has 0 saturated heterocycles. The summed E-state index contributed by atoms with van der Waals surface area (Å²) in [5, 5.41) is 10.1. The number of aryl methyl sites for hydroxylation is 2. The summed E-state index contributed by atoms with van der Waals surface area (Å²) >= 11 is 0. The Bertz CT molecular complexity index is 246. The van der Waals surface area contributed by atoms with E-state index in [1.807, 2.05) is 0 Å². The smallest absolute Gasteiger partial charge is 0.390 e. The van der Waals surface area contributed by atoms with Crippen molar-refractivity contribution in [3.05, 3.63) is 21.5 Å². The second-order valence-corrected chi connectivity index (χ2v) is 2.03. The van der Waals surface area contributed by atoms with E-state index in [4.69, 9.17) is 0 Å². The summed E-state index contributed by atoms with van der Waals surface area (Å²) in [7, 11) is 0. The minimum atomic E-state index is -0.542. The van der Waals surface area contributed by atoms with Gasteiger partial charge in [-0.1, -0.05) is 4.98 Å². The fourth-order valence-corrected chi connectivity index (χ4v) is 0.615. The van der Waals surface area contributed by atoms with Gasteiger partial charge in [-0.3, -0.25) is 0 Å². The molecule has 0 spiro atoms. The first-order valence-corrected chi connectivity index (χ1v) is 2.79. The molecular formula is C5H7N3O2. The molecule has 1 heterocycles. The first-order valence-electron chi connectivity index (χ1n) is 2.79. The maximum absolute atomic E-state index is 10.1. The molecule has 10 heavy (non-hydrogen) atoms. The average Bonchev–Trinajstić information content (AvgIpc) is 2.13. The summed E-state index contributed by atoms with van der Waals surface area (Å²) in [6, 6.07) is 0. The topological polar surface area (TPSA) is 71.8 Å². The van der Waals surface area contributed by atoms with Gasteiger partial charge in [0.1, 0.15) is 5.69 Å². The highest BCUT2D eigenvalue weighted by atomic mass is 16.6. The lowest BCUT2D eigenvalue weighted by molar-refractivity contribution is -0.393. The molecule has 0 fully saturated rings. The van der Waals surface area contributed by atoms with Gasteiger partial charge in [0.2, 0.25) is 0 Å². The Hall–Kier alpha value is -1.39. The SMILES string of the molecule is Cc1nc([N+](=O)[O-])[nH]c1C. The van der Waals surface area contributed by atoms with E-state index in [9.17, 15) is 10.1 Å². The number of nitro groups is 1. The van der Waals surface area contributed by atoms with Crippen LogP contribution in [0.1, 0.15) is 11.4 Å². The van der Waals surface area contributed by atoms with Crippen LogP contribution in [0.4, 0.5) is 5.95 Å². The highest BCUT2D eigenvalue weighted by Crippen LogP contribution is 2.08. The van der Waals surface area contributed by atoms with Crippen molar-refractivity contribution in [3.63, 3.8) is 0 Å². The number of hydrogen-bond donors (Lipinski definition) is 1. The number of nitrogens with zero attached hydrogens (tertiary/aromatic N) is 2. The maximum Gasteiger partial charge on any atom is 0.432 e. The van der Waals surface area contributed by atoms with Crippen LogP contribution in [0.2, 0.25) is 0 Å². The molecule has 0 aliphatic rings. The van der Waals surface area contributed by atoms with Crippen molar-refractivity contribution >= 4 is 5.95 Å². The maximum atomic E-state index is 10.1. The fourth-order valence-electron chi connectivity index (χ4n) is 0.615. The summed E-state index contributed by atoms with van der Waals surface area (Å²) in [4.78, 5) is 15.7. The van der Waals surface area contributed by atoms with Gasteiger partial charge in [-0.2, -0.15) is 0 Å². The molecule has 54 valence electrons. The van der Waals surface area contributed by atoms with Gasteiger partial charge in [-0.25, -0.2) is 4.98 Å². The number of hydrogen-bond acceptors (Lipinski definition) is 3. The largest absolute Gasteiger partial charge is 0.432 e. The van der Waals surface area contributed by atoms with Gasteiger partial charge in [0.25, 0.3) is 0 Å². The number of rotatable bonds is 1. The van der Waals surface area contributed by atoms with Crippen LogP contribution in [0.25, 0.3) is 0 Å². The minimum Gasteiger partial charge on any atom is -0.390 e. The number of imidazole rings is 1. The molecule has 0 aromatic carbocycles. The van der Waals surface area contributed by atoms with Crippen molar-refractivity contribution in [1.29, 1.82) is 0 Å². The lowest BCUT2D eigenvalue weighted by atomic mass is 10.4. The van der Waals surface area contributed by atoms with E-state index in [0.717, 1.165) is 5.69 Å². The molecule has 5 heteroatoms.